The molecule has 3 rings (SSSR count). The fraction of sp³-hybridized carbons (Fsp3) is 0.0714. The lowest BCUT2D eigenvalue weighted by Gasteiger charge is -2.19. The number of amidine groups is 1. The average Bonchev–Trinajstić information content (AvgIpc) is 2.67. The Labute approximate surface area is 128 Å². The molecule has 0 saturated carbocycles. The van der Waals surface area contributed by atoms with E-state index in [-0.39, 0.29) is 11.7 Å². The summed E-state index contributed by atoms with van der Waals surface area (Å²) in [6.45, 7) is 0.550. The quantitative estimate of drug-likeness (QED) is 0.721. The monoisotopic (exact) mass is 386 g/mol. The molecule has 0 saturated heterocycles. The van der Waals surface area contributed by atoms with Crippen LogP contribution in [0, 0.1) is 14.8 Å². The molecule has 0 aromatic heterocycles. The van der Waals surface area contributed by atoms with Crippen LogP contribution in [0.5, 0.6) is 0 Å². The molecule has 2 aromatic rings. The van der Waals surface area contributed by atoms with Gasteiger partial charge in [-0.3, -0.25) is 5.41 Å². The molecule has 1 heterocycles. The van der Waals surface area contributed by atoms with E-state index < -0.39 is 0 Å². The number of rotatable bonds is 1. The number of hydrogen-bond acceptors (Lipinski definition) is 1. The van der Waals surface area contributed by atoms with Crippen molar-refractivity contribution >= 4 is 45.7 Å². The third-order valence-electron chi connectivity index (χ3n) is 3.13. The zero-order valence-electron chi connectivity index (χ0n) is 9.75. The lowest BCUT2D eigenvalue weighted by molar-refractivity contribution is 0.627. The first-order chi connectivity index (χ1) is 9.06. The first-order valence-corrected chi connectivity index (χ1v) is 7.12. The highest BCUT2D eigenvalue weighted by Gasteiger charge is 2.26. The van der Waals surface area contributed by atoms with Gasteiger partial charge in [0.2, 0.25) is 0 Å². The first-order valence-electron chi connectivity index (χ1n) is 5.66. The van der Waals surface area contributed by atoms with E-state index in [4.69, 9.17) is 17.0 Å². The number of benzene rings is 2. The molecule has 0 fully saturated rings. The molecule has 0 spiro atoms. The summed E-state index contributed by atoms with van der Waals surface area (Å²) in [7, 11) is 0. The minimum Gasteiger partial charge on any atom is -0.320 e. The number of anilines is 1. The van der Waals surface area contributed by atoms with E-state index in [1.807, 2.05) is 18.2 Å². The molecule has 2 nitrogen and oxygen atoms in total. The predicted octanol–water partition coefficient (Wildman–Crippen LogP) is 4.43. The Kier molecular flexibility index (Phi) is 3.22. The number of hydrogen-bond donors (Lipinski definition) is 1. The number of fused-ring (bicyclic) bond motifs is 1. The van der Waals surface area contributed by atoms with Crippen molar-refractivity contribution in [3.8, 4) is 0 Å². The van der Waals surface area contributed by atoms with Crippen molar-refractivity contribution in [1.82, 2.24) is 0 Å². The van der Waals surface area contributed by atoms with Crippen LogP contribution in [-0.2, 0) is 6.54 Å². The second-order valence-electron chi connectivity index (χ2n) is 4.33. The van der Waals surface area contributed by atoms with E-state index >= 15 is 0 Å². The van der Waals surface area contributed by atoms with Crippen LogP contribution in [-0.4, -0.2) is 5.84 Å². The fourth-order valence-electron chi connectivity index (χ4n) is 2.21. The van der Waals surface area contributed by atoms with Gasteiger partial charge in [-0.05, 0) is 58.5 Å². The zero-order chi connectivity index (χ0) is 13.6. The molecule has 0 radical (unpaired) electrons. The number of nitrogens with zero attached hydrogens (tertiary/aromatic N) is 1. The largest absolute Gasteiger partial charge is 0.320 e. The van der Waals surface area contributed by atoms with Gasteiger partial charge in [-0.25, -0.2) is 4.39 Å². The predicted molar refractivity (Wildman–Crippen MR) is 83.6 cm³/mol. The van der Waals surface area contributed by atoms with Crippen LogP contribution in [0.1, 0.15) is 11.1 Å². The molecule has 0 amide bonds. The van der Waals surface area contributed by atoms with Crippen LogP contribution in [0.2, 0.25) is 5.02 Å². The zero-order valence-corrected chi connectivity index (χ0v) is 12.7. The normalized spacial score (nSPS) is 13.8. The lowest BCUT2D eigenvalue weighted by Crippen LogP contribution is -2.23. The van der Waals surface area contributed by atoms with Crippen molar-refractivity contribution in [1.29, 1.82) is 5.41 Å². The standard InChI is InChI=1S/C14H9ClFIN2/c15-12-6-10(17)3-4-13(12)19-7-8-1-2-9(16)5-11(8)14(19)18/h1-6,18H,7H2. The molecule has 1 N–H and O–H groups in total. The maximum absolute atomic E-state index is 13.3. The Morgan fingerprint density at radius 3 is 2.74 bits per heavy atom. The van der Waals surface area contributed by atoms with Gasteiger partial charge in [0.25, 0.3) is 0 Å². The van der Waals surface area contributed by atoms with E-state index in [0.29, 0.717) is 17.1 Å². The minimum absolute atomic E-state index is 0.289. The molecule has 0 unspecified atom stereocenters. The first kappa shape index (κ1) is 12.9. The molecule has 1 aliphatic heterocycles. The van der Waals surface area contributed by atoms with Crippen molar-refractivity contribution in [2.75, 3.05) is 4.90 Å². The highest BCUT2D eigenvalue weighted by Crippen LogP contribution is 2.34. The van der Waals surface area contributed by atoms with Crippen LogP contribution in [0.25, 0.3) is 0 Å². The van der Waals surface area contributed by atoms with Gasteiger partial charge in [-0.1, -0.05) is 17.7 Å². The van der Waals surface area contributed by atoms with E-state index in [1.54, 1.807) is 11.0 Å². The summed E-state index contributed by atoms with van der Waals surface area (Å²) in [5, 5.41) is 8.77. The molecule has 0 bridgehead atoms. The van der Waals surface area contributed by atoms with Gasteiger partial charge in [0.1, 0.15) is 11.7 Å². The summed E-state index contributed by atoms with van der Waals surface area (Å²) >= 11 is 8.42. The van der Waals surface area contributed by atoms with Crippen molar-refractivity contribution < 1.29 is 4.39 Å². The number of halogens is 3. The second-order valence-corrected chi connectivity index (χ2v) is 5.98. The smallest absolute Gasteiger partial charge is 0.133 e. The third kappa shape index (κ3) is 2.23. The Morgan fingerprint density at radius 2 is 2.00 bits per heavy atom. The van der Waals surface area contributed by atoms with Gasteiger partial charge in [-0.2, -0.15) is 0 Å². The highest BCUT2D eigenvalue weighted by atomic mass is 127. The van der Waals surface area contributed by atoms with Gasteiger partial charge >= 0.3 is 0 Å². The molecule has 5 heteroatoms. The van der Waals surface area contributed by atoms with Crippen LogP contribution in [0.15, 0.2) is 36.4 Å². The molecular weight excluding hydrogens is 378 g/mol. The van der Waals surface area contributed by atoms with E-state index in [0.717, 1.165) is 14.8 Å². The third-order valence-corrected chi connectivity index (χ3v) is 4.10. The molecule has 1 aliphatic rings. The summed E-state index contributed by atoms with van der Waals surface area (Å²) in [5.74, 6) is -0.0309. The molecule has 96 valence electrons. The summed E-state index contributed by atoms with van der Waals surface area (Å²) in [4.78, 5) is 1.79. The van der Waals surface area contributed by atoms with Crippen molar-refractivity contribution in [3.63, 3.8) is 0 Å². The maximum atomic E-state index is 13.3. The van der Waals surface area contributed by atoms with Crippen LogP contribution in [0.3, 0.4) is 0 Å². The van der Waals surface area contributed by atoms with E-state index in [9.17, 15) is 4.39 Å². The van der Waals surface area contributed by atoms with Crippen LogP contribution >= 0.6 is 34.2 Å². The van der Waals surface area contributed by atoms with E-state index in [1.165, 1.54) is 12.1 Å². The molecule has 19 heavy (non-hydrogen) atoms. The summed E-state index contributed by atoms with van der Waals surface area (Å²) in [5.41, 5.74) is 2.36. The molecular formula is C14H9ClFIN2. The van der Waals surface area contributed by atoms with Gasteiger partial charge in [-0.15, -0.1) is 0 Å². The fourth-order valence-corrected chi connectivity index (χ4v) is 3.17. The summed E-state index contributed by atoms with van der Waals surface area (Å²) in [6, 6.07) is 10.2. The summed E-state index contributed by atoms with van der Waals surface area (Å²) in [6.07, 6.45) is 0. The second kappa shape index (κ2) is 4.76. The Morgan fingerprint density at radius 1 is 1.21 bits per heavy atom. The molecule has 0 aliphatic carbocycles. The van der Waals surface area contributed by atoms with E-state index in [2.05, 4.69) is 22.6 Å². The van der Waals surface area contributed by atoms with Gasteiger partial charge in [0, 0.05) is 9.13 Å². The van der Waals surface area contributed by atoms with Crippen molar-refractivity contribution in [3.05, 3.63) is 61.9 Å². The highest BCUT2D eigenvalue weighted by molar-refractivity contribution is 14.1. The Hall–Kier alpha value is -1.14. The Balaban J connectivity index is 2.04. The van der Waals surface area contributed by atoms with Crippen molar-refractivity contribution in [2.45, 2.75) is 6.54 Å². The van der Waals surface area contributed by atoms with Crippen LogP contribution in [0.4, 0.5) is 10.1 Å². The van der Waals surface area contributed by atoms with Crippen molar-refractivity contribution in [2.24, 2.45) is 0 Å². The minimum atomic E-state index is -0.320. The average molecular weight is 387 g/mol. The SMILES string of the molecule is N=C1c2cc(F)ccc2CN1c1ccc(I)cc1Cl. The topological polar surface area (TPSA) is 27.1 Å². The Bertz CT molecular complexity index is 687. The maximum Gasteiger partial charge on any atom is 0.133 e. The molecule has 0 atom stereocenters. The van der Waals surface area contributed by atoms with Gasteiger partial charge < -0.3 is 4.90 Å². The summed E-state index contributed by atoms with van der Waals surface area (Å²) < 4.78 is 14.3. The molecule has 2 aromatic carbocycles. The van der Waals surface area contributed by atoms with Gasteiger partial charge in [0.05, 0.1) is 17.3 Å². The van der Waals surface area contributed by atoms with Gasteiger partial charge in [0.15, 0.2) is 0 Å². The lowest BCUT2D eigenvalue weighted by atomic mass is 10.1. The van der Waals surface area contributed by atoms with Crippen LogP contribution < -0.4 is 4.90 Å². The number of nitrogens with one attached hydrogen (secondary N) is 1.